The Balaban J connectivity index is 1.58. The Hall–Kier alpha value is -4.46. The van der Waals surface area contributed by atoms with Crippen LogP contribution >= 0.6 is 0 Å². The summed E-state index contributed by atoms with van der Waals surface area (Å²) in [4.78, 5) is 27.3. The number of carbonyl (C=O) groups is 1. The van der Waals surface area contributed by atoms with Crippen LogP contribution in [0, 0.1) is 46.5 Å². The fourth-order valence-electron chi connectivity index (χ4n) is 6.18. The van der Waals surface area contributed by atoms with Gasteiger partial charge >= 0.3 is 5.97 Å². The number of carboxylic acid groups (broad SMARTS) is 1. The number of fused-ring (bicyclic) bond motifs is 4. The maximum Gasteiger partial charge on any atom is 0.308 e. The van der Waals surface area contributed by atoms with Crippen molar-refractivity contribution in [2.24, 2.45) is 17.8 Å². The molecule has 7 rings (SSSR count). The van der Waals surface area contributed by atoms with E-state index in [0.29, 0.717) is 0 Å². The number of benzene rings is 1. The lowest BCUT2D eigenvalue weighted by molar-refractivity contribution is -0.148. The van der Waals surface area contributed by atoms with Crippen molar-refractivity contribution in [1.29, 1.82) is 5.26 Å². The highest BCUT2D eigenvalue weighted by molar-refractivity contribution is 5.98. The molecule has 0 spiro atoms. The van der Waals surface area contributed by atoms with Gasteiger partial charge < -0.3 is 15.4 Å². The van der Waals surface area contributed by atoms with Crippen molar-refractivity contribution in [2.45, 2.75) is 31.7 Å². The van der Waals surface area contributed by atoms with E-state index in [9.17, 15) is 23.9 Å². The number of aromatic amines is 1. The summed E-state index contributed by atoms with van der Waals surface area (Å²) in [5, 5.41) is 23.3. The van der Waals surface area contributed by atoms with E-state index in [1.54, 1.807) is 0 Å². The van der Waals surface area contributed by atoms with Crippen LogP contribution in [0.4, 0.5) is 19.0 Å². The number of halogens is 3. The molecule has 3 aromatic heterocycles. The molecule has 3 fully saturated rings. The maximum absolute atomic E-state index is 16.2. The summed E-state index contributed by atoms with van der Waals surface area (Å²) in [6, 6.07) is 3.26. The SMILES string of the molecule is N#Cc1c(-c2c[nH]c3c(F)cc(F)cc23)nc(N[C@@H]2C3CCC(CC3)[C@H]2C(=O)O)c(F)c1-c1cncnc1. The highest BCUT2D eigenvalue weighted by Gasteiger charge is 2.47. The Kier molecular flexibility index (Phi) is 5.75. The number of nitriles is 1. The van der Waals surface area contributed by atoms with Gasteiger partial charge in [0.25, 0.3) is 0 Å². The van der Waals surface area contributed by atoms with Crippen LogP contribution in [-0.2, 0) is 4.79 Å². The summed E-state index contributed by atoms with van der Waals surface area (Å²) in [6.45, 7) is 0. The molecule has 1 aromatic carbocycles. The molecular formula is C27H21F3N6O2. The van der Waals surface area contributed by atoms with Crippen molar-refractivity contribution in [2.75, 3.05) is 5.32 Å². The first-order valence-corrected chi connectivity index (χ1v) is 12.2. The summed E-state index contributed by atoms with van der Waals surface area (Å²) in [7, 11) is 0. The maximum atomic E-state index is 16.2. The molecule has 2 bridgehead atoms. The lowest BCUT2D eigenvalue weighted by Crippen LogP contribution is -2.51. The molecule has 2 atom stereocenters. The van der Waals surface area contributed by atoms with Crippen LogP contribution in [0.15, 0.2) is 37.1 Å². The molecule has 3 aliphatic carbocycles. The van der Waals surface area contributed by atoms with E-state index in [2.05, 4.69) is 25.3 Å². The van der Waals surface area contributed by atoms with Gasteiger partial charge in [0.15, 0.2) is 11.6 Å². The van der Waals surface area contributed by atoms with Gasteiger partial charge in [-0.25, -0.2) is 28.1 Å². The monoisotopic (exact) mass is 518 g/mol. The number of hydrogen-bond donors (Lipinski definition) is 3. The quantitative estimate of drug-likeness (QED) is 0.328. The Labute approximate surface area is 214 Å². The highest BCUT2D eigenvalue weighted by atomic mass is 19.1. The summed E-state index contributed by atoms with van der Waals surface area (Å²) in [5.41, 5.74) is 0.0693. The van der Waals surface area contributed by atoms with E-state index < -0.39 is 35.4 Å². The van der Waals surface area contributed by atoms with Gasteiger partial charge in [0.05, 0.1) is 22.7 Å². The van der Waals surface area contributed by atoms with Gasteiger partial charge in [-0.3, -0.25) is 4.79 Å². The summed E-state index contributed by atoms with van der Waals surface area (Å²) >= 11 is 0. The van der Waals surface area contributed by atoms with E-state index in [0.717, 1.165) is 37.8 Å². The Morgan fingerprint density at radius 3 is 2.50 bits per heavy atom. The van der Waals surface area contributed by atoms with E-state index >= 15 is 4.39 Å². The summed E-state index contributed by atoms with van der Waals surface area (Å²) < 4.78 is 44.8. The number of rotatable bonds is 5. The number of hydrogen-bond acceptors (Lipinski definition) is 6. The van der Waals surface area contributed by atoms with Crippen molar-refractivity contribution in [1.82, 2.24) is 19.9 Å². The molecule has 3 aliphatic rings. The molecule has 4 aromatic rings. The van der Waals surface area contributed by atoms with Gasteiger partial charge in [-0.2, -0.15) is 5.26 Å². The number of nitrogens with zero attached hydrogens (tertiary/aromatic N) is 4. The Bertz CT molecular complexity index is 1610. The molecule has 11 heteroatoms. The Morgan fingerprint density at radius 1 is 1.11 bits per heavy atom. The van der Waals surface area contributed by atoms with Gasteiger partial charge in [0, 0.05) is 52.8 Å². The average Bonchev–Trinajstić information content (AvgIpc) is 3.34. The number of H-pyrrole nitrogens is 1. The van der Waals surface area contributed by atoms with Gasteiger partial charge in [-0.05, 0) is 43.6 Å². The molecule has 0 unspecified atom stereocenters. The first-order valence-electron chi connectivity index (χ1n) is 12.2. The minimum atomic E-state index is -0.953. The summed E-state index contributed by atoms with van der Waals surface area (Å²) in [6.07, 6.45) is 8.56. The third kappa shape index (κ3) is 3.75. The molecule has 0 radical (unpaired) electrons. The molecule has 3 saturated carbocycles. The zero-order valence-electron chi connectivity index (χ0n) is 19.9. The normalized spacial score (nSPS) is 22.4. The smallest absolute Gasteiger partial charge is 0.308 e. The molecule has 0 aliphatic heterocycles. The second-order valence-corrected chi connectivity index (χ2v) is 9.83. The Morgan fingerprint density at radius 2 is 1.82 bits per heavy atom. The van der Waals surface area contributed by atoms with Crippen molar-refractivity contribution in [3.05, 3.63) is 60.1 Å². The van der Waals surface area contributed by atoms with Crippen LogP contribution in [0.25, 0.3) is 33.3 Å². The number of pyridine rings is 1. The molecule has 0 amide bonds. The minimum Gasteiger partial charge on any atom is -0.481 e. The molecule has 38 heavy (non-hydrogen) atoms. The average molecular weight is 518 g/mol. The predicted molar refractivity (Wildman–Crippen MR) is 131 cm³/mol. The zero-order chi connectivity index (χ0) is 26.6. The van der Waals surface area contributed by atoms with E-state index in [4.69, 9.17) is 0 Å². The number of nitrogens with one attached hydrogen (secondary N) is 2. The lowest BCUT2D eigenvalue weighted by Gasteiger charge is -2.47. The predicted octanol–water partition coefficient (Wildman–Crippen LogP) is 5.28. The largest absolute Gasteiger partial charge is 0.481 e. The van der Waals surface area contributed by atoms with Gasteiger partial charge in [-0.1, -0.05) is 0 Å². The van der Waals surface area contributed by atoms with Crippen LogP contribution < -0.4 is 5.32 Å². The van der Waals surface area contributed by atoms with Crippen molar-refractivity contribution in [3.8, 4) is 28.5 Å². The van der Waals surface area contributed by atoms with Crippen molar-refractivity contribution >= 4 is 22.7 Å². The van der Waals surface area contributed by atoms with Gasteiger partial charge in [-0.15, -0.1) is 0 Å². The molecule has 192 valence electrons. The first kappa shape index (κ1) is 23.9. The number of aromatic nitrogens is 4. The third-order valence-electron chi connectivity index (χ3n) is 7.87. The van der Waals surface area contributed by atoms with E-state index in [1.807, 2.05) is 6.07 Å². The number of aliphatic carboxylic acids is 1. The first-order chi connectivity index (χ1) is 18.4. The number of carboxylic acids is 1. The lowest BCUT2D eigenvalue weighted by atomic mass is 9.61. The molecule has 3 N–H and O–H groups in total. The second-order valence-electron chi connectivity index (χ2n) is 9.83. The van der Waals surface area contributed by atoms with Gasteiger partial charge in [0.1, 0.15) is 24.0 Å². The number of anilines is 1. The van der Waals surface area contributed by atoms with Crippen LogP contribution in [0.3, 0.4) is 0 Å². The van der Waals surface area contributed by atoms with Crippen molar-refractivity contribution in [3.63, 3.8) is 0 Å². The molecule has 3 heterocycles. The second kappa shape index (κ2) is 9.13. The fourth-order valence-corrected chi connectivity index (χ4v) is 6.18. The third-order valence-corrected chi connectivity index (χ3v) is 7.87. The van der Waals surface area contributed by atoms with Gasteiger partial charge in [0.2, 0.25) is 0 Å². The van der Waals surface area contributed by atoms with E-state index in [1.165, 1.54) is 24.9 Å². The van der Waals surface area contributed by atoms with Crippen LogP contribution in [-0.4, -0.2) is 37.1 Å². The standard InChI is InChI=1S/C27H21F3N6O2/c28-15-5-16-18(10-34-25(16)19(29)6-15)24-17(7-31)20(14-8-32-11-33-9-14)22(30)26(36-24)35-23-13-3-1-12(2-4-13)21(23)27(37)38/h5-6,8-13,21,23,34H,1-4H2,(H,35,36)(H,37,38)/t12?,13?,21-,23-/m1/s1. The van der Waals surface area contributed by atoms with Crippen LogP contribution in [0.5, 0.6) is 0 Å². The fraction of sp³-hybridized carbons (Fsp3) is 0.296. The highest BCUT2D eigenvalue weighted by Crippen LogP contribution is 2.47. The van der Waals surface area contributed by atoms with Crippen LogP contribution in [0.1, 0.15) is 31.2 Å². The summed E-state index contributed by atoms with van der Waals surface area (Å²) in [5.74, 6) is -4.44. The van der Waals surface area contributed by atoms with Crippen LogP contribution in [0.2, 0.25) is 0 Å². The van der Waals surface area contributed by atoms with Crippen molar-refractivity contribution < 1.29 is 23.1 Å². The minimum absolute atomic E-state index is 0.00560. The molecular weight excluding hydrogens is 497 g/mol. The van der Waals surface area contributed by atoms with E-state index in [-0.39, 0.29) is 56.5 Å². The molecule has 8 nitrogen and oxygen atoms in total. The molecule has 0 saturated heterocycles. The zero-order valence-corrected chi connectivity index (χ0v) is 19.9. The topological polar surface area (TPSA) is 128 Å².